The second-order valence-corrected chi connectivity index (χ2v) is 9.07. The largest absolute Gasteiger partial charge is 0.326 e. The van der Waals surface area contributed by atoms with Crippen molar-refractivity contribution in [1.82, 2.24) is 0 Å². The topological polar surface area (TPSA) is 29.1 Å². The number of carbonyl (C=O) groups excluding carboxylic acids is 1. The zero-order valence-corrected chi connectivity index (χ0v) is 14.2. The third kappa shape index (κ3) is 2.43. The lowest BCUT2D eigenvalue weighted by Gasteiger charge is -2.59. The molecule has 4 heteroatoms. The first-order chi connectivity index (χ1) is 9.96. The van der Waals surface area contributed by atoms with E-state index in [1.54, 1.807) is 0 Å². The predicted molar refractivity (Wildman–Crippen MR) is 88.5 cm³/mol. The molecule has 1 N–H and O–H groups in total. The molecular weight excluding hydrogens is 350 g/mol. The summed E-state index contributed by atoms with van der Waals surface area (Å²) < 4.78 is 1.02. The van der Waals surface area contributed by atoms with Gasteiger partial charge in [0, 0.05) is 15.0 Å². The Morgan fingerprint density at radius 2 is 1.76 bits per heavy atom. The highest BCUT2D eigenvalue weighted by Gasteiger charge is 2.60. The third-order valence-electron chi connectivity index (χ3n) is 5.57. The van der Waals surface area contributed by atoms with Gasteiger partial charge in [-0.25, -0.2) is 0 Å². The second kappa shape index (κ2) is 4.73. The minimum absolute atomic E-state index is 0.110. The Balaban J connectivity index is 1.57. The number of halogens is 2. The molecule has 1 amide bonds. The van der Waals surface area contributed by atoms with Gasteiger partial charge in [-0.05, 0) is 74.6 Å². The van der Waals surface area contributed by atoms with Crippen LogP contribution >= 0.6 is 27.5 Å². The van der Waals surface area contributed by atoms with Crippen molar-refractivity contribution in [1.29, 1.82) is 0 Å². The first-order valence-corrected chi connectivity index (χ1v) is 8.90. The summed E-state index contributed by atoms with van der Waals surface area (Å²) in [5.41, 5.74) is 0.654. The van der Waals surface area contributed by atoms with Crippen LogP contribution in [0.5, 0.6) is 0 Å². The first kappa shape index (κ1) is 14.1. The number of benzene rings is 1. The van der Waals surface area contributed by atoms with Gasteiger partial charge < -0.3 is 5.32 Å². The van der Waals surface area contributed by atoms with E-state index in [1.165, 1.54) is 6.42 Å². The molecule has 4 aliphatic rings. The maximum atomic E-state index is 12.9. The van der Waals surface area contributed by atoms with Gasteiger partial charge in [-0.15, -0.1) is 11.6 Å². The molecular formula is C17H19BrClNO. The minimum atomic E-state index is -0.223. The molecule has 4 saturated carbocycles. The molecule has 5 rings (SSSR count). The molecule has 4 aliphatic carbocycles. The summed E-state index contributed by atoms with van der Waals surface area (Å²) in [6.45, 7) is 0. The maximum Gasteiger partial charge on any atom is 0.230 e. The van der Waals surface area contributed by atoms with E-state index in [9.17, 15) is 4.79 Å². The molecule has 4 bridgehead atoms. The molecule has 2 unspecified atom stereocenters. The maximum absolute atomic E-state index is 12.9. The minimum Gasteiger partial charge on any atom is -0.326 e. The molecule has 0 aliphatic heterocycles. The first-order valence-electron chi connectivity index (χ1n) is 7.72. The molecule has 1 aromatic carbocycles. The number of hydrogen-bond donors (Lipinski definition) is 1. The zero-order chi connectivity index (χ0) is 14.7. The van der Waals surface area contributed by atoms with Crippen LogP contribution in [0.4, 0.5) is 5.69 Å². The molecule has 0 heterocycles. The van der Waals surface area contributed by atoms with E-state index in [0.29, 0.717) is 11.8 Å². The number of nitrogens with one attached hydrogen (secondary N) is 1. The summed E-state index contributed by atoms with van der Waals surface area (Å²) >= 11 is 10.2. The van der Waals surface area contributed by atoms with Crippen LogP contribution < -0.4 is 5.32 Å². The number of rotatable bonds is 2. The van der Waals surface area contributed by atoms with Gasteiger partial charge in [-0.2, -0.15) is 0 Å². The van der Waals surface area contributed by atoms with Crippen molar-refractivity contribution in [2.24, 2.45) is 17.3 Å². The quantitative estimate of drug-likeness (QED) is 0.734. The van der Waals surface area contributed by atoms with Gasteiger partial charge in [0.15, 0.2) is 0 Å². The Labute approximate surface area is 138 Å². The molecule has 0 spiro atoms. The number of carbonyl (C=O) groups is 1. The predicted octanol–water partition coefficient (Wildman–Crippen LogP) is 4.97. The number of amides is 1. The van der Waals surface area contributed by atoms with Crippen molar-refractivity contribution < 1.29 is 4.79 Å². The summed E-state index contributed by atoms with van der Waals surface area (Å²) in [6.07, 6.45) is 6.41. The van der Waals surface area contributed by atoms with E-state index in [1.807, 2.05) is 24.3 Å². The van der Waals surface area contributed by atoms with Gasteiger partial charge in [0.2, 0.25) is 5.91 Å². The molecule has 21 heavy (non-hydrogen) atoms. The number of alkyl halides is 1. The van der Waals surface area contributed by atoms with E-state index in [-0.39, 0.29) is 16.2 Å². The van der Waals surface area contributed by atoms with Crippen molar-refractivity contribution >= 4 is 39.1 Å². The van der Waals surface area contributed by atoms with Crippen molar-refractivity contribution in [3.8, 4) is 0 Å². The number of anilines is 1. The average molecular weight is 369 g/mol. The molecule has 2 nitrogen and oxygen atoms in total. The standard InChI is InChI=1S/C17H19BrClNO/c18-13-1-3-14(4-2-13)20-15(21)16-6-11-5-12(7-16)9-17(19,8-11)10-16/h1-4,11-12H,5-10H2,(H,20,21). The normalized spacial score (nSPS) is 40.3. The Hall–Kier alpha value is -0.540. The lowest BCUT2D eigenvalue weighted by molar-refractivity contribution is -0.138. The fourth-order valence-corrected chi connectivity index (χ4v) is 6.17. The van der Waals surface area contributed by atoms with Gasteiger partial charge >= 0.3 is 0 Å². The van der Waals surface area contributed by atoms with Crippen LogP contribution in [0.25, 0.3) is 0 Å². The van der Waals surface area contributed by atoms with E-state index in [0.717, 1.165) is 42.3 Å². The van der Waals surface area contributed by atoms with Crippen LogP contribution in [0.2, 0.25) is 0 Å². The van der Waals surface area contributed by atoms with Crippen LogP contribution in [0.3, 0.4) is 0 Å². The summed E-state index contributed by atoms with van der Waals surface area (Å²) in [5, 5.41) is 3.12. The van der Waals surface area contributed by atoms with Crippen molar-refractivity contribution in [3.63, 3.8) is 0 Å². The van der Waals surface area contributed by atoms with E-state index >= 15 is 0 Å². The Bertz CT molecular complexity index is 571. The Morgan fingerprint density at radius 1 is 1.14 bits per heavy atom. The van der Waals surface area contributed by atoms with Crippen LogP contribution in [-0.2, 0) is 4.79 Å². The summed E-state index contributed by atoms with van der Waals surface area (Å²) in [5.74, 6) is 1.49. The van der Waals surface area contributed by atoms with Crippen LogP contribution in [0.1, 0.15) is 38.5 Å². The van der Waals surface area contributed by atoms with E-state index < -0.39 is 0 Å². The van der Waals surface area contributed by atoms with Crippen molar-refractivity contribution in [2.75, 3.05) is 5.32 Å². The molecule has 2 atom stereocenters. The van der Waals surface area contributed by atoms with Gasteiger partial charge in [-0.3, -0.25) is 4.79 Å². The molecule has 0 aromatic heterocycles. The van der Waals surface area contributed by atoms with Gasteiger partial charge in [0.05, 0.1) is 5.41 Å². The SMILES string of the molecule is O=C(Nc1ccc(Br)cc1)C12CC3CC(CC(Cl)(C3)C1)C2. The van der Waals surface area contributed by atoms with Gasteiger partial charge in [0.1, 0.15) is 0 Å². The lowest BCUT2D eigenvalue weighted by Crippen LogP contribution is -2.57. The average Bonchev–Trinajstić information content (AvgIpc) is 2.38. The van der Waals surface area contributed by atoms with Crippen molar-refractivity contribution in [3.05, 3.63) is 28.7 Å². The van der Waals surface area contributed by atoms with Crippen LogP contribution in [0, 0.1) is 17.3 Å². The fraction of sp³-hybridized carbons (Fsp3) is 0.588. The highest BCUT2D eigenvalue weighted by atomic mass is 79.9. The summed E-state index contributed by atoms with van der Waals surface area (Å²) in [7, 11) is 0. The summed E-state index contributed by atoms with van der Waals surface area (Å²) in [6, 6.07) is 7.80. The van der Waals surface area contributed by atoms with Crippen molar-refractivity contribution in [2.45, 2.75) is 43.4 Å². The Kier molecular flexibility index (Phi) is 3.17. The number of hydrogen-bond acceptors (Lipinski definition) is 1. The molecule has 1 aromatic rings. The van der Waals surface area contributed by atoms with Gasteiger partial charge in [0.25, 0.3) is 0 Å². The summed E-state index contributed by atoms with van der Waals surface area (Å²) in [4.78, 5) is 12.8. The van der Waals surface area contributed by atoms with Crippen LogP contribution in [-0.4, -0.2) is 10.8 Å². The highest BCUT2D eigenvalue weighted by molar-refractivity contribution is 9.10. The molecule has 112 valence electrons. The van der Waals surface area contributed by atoms with E-state index in [4.69, 9.17) is 11.6 Å². The Morgan fingerprint density at radius 3 is 2.33 bits per heavy atom. The van der Waals surface area contributed by atoms with E-state index in [2.05, 4.69) is 21.2 Å². The fourth-order valence-electron chi connectivity index (χ4n) is 5.21. The van der Waals surface area contributed by atoms with Crippen LogP contribution in [0.15, 0.2) is 28.7 Å². The smallest absolute Gasteiger partial charge is 0.230 e. The highest BCUT2D eigenvalue weighted by Crippen LogP contribution is 2.64. The monoisotopic (exact) mass is 367 g/mol. The lowest BCUT2D eigenvalue weighted by atomic mass is 9.49. The molecule has 0 radical (unpaired) electrons. The van der Waals surface area contributed by atoms with Gasteiger partial charge in [-0.1, -0.05) is 15.9 Å². The second-order valence-electron chi connectivity index (χ2n) is 7.35. The third-order valence-corrected chi connectivity index (χ3v) is 6.54. The molecule has 4 fully saturated rings. The molecule has 0 saturated heterocycles. The zero-order valence-electron chi connectivity index (χ0n) is 11.9.